The molecule has 0 aliphatic heterocycles. The van der Waals surface area contributed by atoms with Gasteiger partial charge in [-0.15, -0.1) is 0 Å². The SMILES string of the molecule is O=C(O)c1cc(=O)[nH]c(=O)[n-]1.[NH-]CC[NH-].[Pt]. The summed E-state index contributed by atoms with van der Waals surface area (Å²) in [4.78, 5) is 35.8. The summed E-state index contributed by atoms with van der Waals surface area (Å²) >= 11 is 0. The Hall–Kier alpha value is -1.24. The molecule has 0 aliphatic rings. The zero-order valence-electron chi connectivity index (χ0n) is 7.93. The van der Waals surface area contributed by atoms with Crippen molar-refractivity contribution in [3.8, 4) is 0 Å². The van der Waals surface area contributed by atoms with E-state index < -0.39 is 22.9 Å². The molecular formula is C7H9N4O4Pt-3. The number of rotatable bonds is 2. The largest absolute Gasteiger partial charge is 0.679 e. The summed E-state index contributed by atoms with van der Waals surface area (Å²) in [6.45, 7) is 0.472. The van der Waals surface area contributed by atoms with Crippen LogP contribution in [0.5, 0.6) is 0 Å². The van der Waals surface area contributed by atoms with Gasteiger partial charge in [-0.25, -0.2) is 4.79 Å². The van der Waals surface area contributed by atoms with Gasteiger partial charge in [-0.3, -0.25) is 9.59 Å². The molecule has 0 amide bonds. The van der Waals surface area contributed by atoms with Crippen LogP contribution >= 0.6 is 0 Å². The van der Waals surface area contributed by atoms with Crippen molar-refractivity contribution in [1.82, 2.24) is 9.97 Å². The summed E-state index contributed by atoms with van der Waals surface area (Å²) in [6, 6.07) is 0.740. The van der Waals surface area contributed by atoms with Crippen LogP contribution in [0.1, 0.15) is 10.5 Å². The fraction of sp³-hybridized carbons (Fsp3) is 0.286. The van der Waals surface area contributed by atoms with Gasteiger partial charge in [0.05, 0.1) is 5.69 Å². The summed E-state index contributed by atoms with van der Waals surface area (Å²) in [5.41, 5.74) is 10.3. The van der Waals surface area contributed by atoms with Crippen LogP contribution in [0.25, 0.3) is 11.5 Å². The van der Waals surface area contributed by atoms with Crippen LogP contribution < -0.4 is 16.2 Å². The molecule has 8 nitrogen and oxygen atoms in total. The average Bonchev–Trinajstić information content (AvgIpc) is 2.16. The molecule has 0 aromatic carbocycles. The molecule has 0 radical (unpaired) electrons. The average molecular weight is 408 g/mol. The molecule has 0 spiro atoms. The van der Waals surface area contributed by atoms with Gasteiger partial charge in [0, 0.05) is 21.1 Å². The summed E-state index contributed by atoms with van der Waals surface area (Å²) in [7, 11) is 0. The number of hydrogen-bond acceptors (Lipinski definition) is 3. The number of aromatic carboxylic acids is 1. The van der Waals surface area contributed by atoms with Crippen molar-refractivity contribution in [1.29, 1.82) is 0 Å². The maximum atomic E-state index is 10.5. The van der Waals surface area contributed by atoms with Crippen LogP contribution in [0, 0.1) is 0 Å². The van der Waals surface area contributed by atoms with E-state index in [9.17, 15) is 14.4 Å². The number of carboxylic acid groups (broad SMARTS) is 1. The van der Waals surface area contributed by atoms with Gasteiger partial charge in [0.2, 0.25) is 0 Å². The van der Waals surface area contributed by atoms with E-state index in [1.807, 2.05) is 0 Å². The fourth-order valence-corrected chi connectivity index (χ4v) is 0.545. The Morgan fingerprint density at radius 3 is 2.19 bits per heavy atom. The minimum atomic E-state index is -1.40. The van der Waals surface area contributed by atoms with Crippen LogP contribution in [0.2, 0.25) is 0 Å². The first-order chi connectivity index (χ1) is 7.01. The summed E-state index contributed by atoms with van der Waals surface area (Å²) in [5.74, 6) is -1.40. The van der Waals surface area contributed by atoms with E-state index in [1.54, 1.807) is 4.98 Å². The van der Waals surface area contributed by atoms with Crippen LogP contribution in [0.3, 0.4) is 0 Å². The van der Waals surface area contributed by atoms with Gasteiger partial charge >= 0.3 is 5.97 Å². The molecule has 1 aromatic rings. The molecule has 94 valence electrons. The number of hydrogen-bond donors (Lipinski definition) is 2. The fourth-order valence-electron chi connectivity index (χ4n) is 0.545. The summed E-state index contributed by atoms with van der Waals surface area (Å²) < 4.78 is 0. The van der Waals surface area contributed by atoms with Crippen molar-refractivity contribution in [2.24, 2.45) is 0 Å². The Kier molecular flexibility index (Phi) is 9.67. The Morgan fingerprint density at radius 1 is 1.38 bits per heavy atom. The van der Waals surface area contributed by atoms with Gasteiger partial charge in [0.1, 0.15) is 0 Å². The van der Waals surface area contributed by atoms with Crippen LogP contribution in [-0.2, 0) is 21.1 Å². The second-order valence-corrected chi connectivity index (χ2v) is 2.24. The van der Waals surface area contributed by atoms with Gasteiger partial charge in [-0.2, -0.15) is 13.1 Å². The molecule has 16 heavy (non-hydrogen) atoms. The van der Waals surface area contributed by atoms with Crippen LogP contribution in [0.4, 0.5) is 0 Å². The maximum absolute atomic E-state index is 10.5. The van der Waals surface area contributed by atoms with E-state index in [2.05, 4.69) is 4.98 Å². The summed E-state index contributed by atoms with van der Waals surface area (Å²) in [6.07, 6.45) is 0. The van der Waals surface area contributed by atoms with Gasteiger partial charge in [0.25, 0.3) is 0 Å². The number of H-pyrrole nitrogens is 1. The number of carboxylic acids is 1. The quantitative estimate of drug-likeness (QED) is 0.675. The number of carbonyl (C=O) groups is 1. The zero-order chi connectivity index (χ0) is 11.8. The predicted octanol–water partition coefficient (Wildman–Crippen LogP) is -0.521. The summed E-state index contributed by atoms with van der Waals surface area (Å²) in [5, 5.41) is 8.28. The smallest absolute Gasteiger partial charge is 0.331 e. The second-order valence-electron chi connectivity index (χ2n) is 2.24. The molecule has 1 rings (SSSR count). The monoisotopic (exact) mass is 408 g/mol. The third-order valence-corrected chi connectivity index (χ3v) is 1.06. The van der Waals surface area contributed by atoms with Crippen molar-refractivity contribution < 1.29 is 31.0 Å². The zero-order valence-corrected chi connectivity index (χ0v) is 10.2. The molecule has 0 saturated heterocycles. The molecule has 0 aliphatic carbocycles. The Bertz CT molecular complexity index is 397. The molecule has 0 atom stereocenters. The molecule has 4 N–H and O–H groups in total. The minimum absolute atomic E-state index is 0. The topological polar surface area (TPSA) is 149 Å². The van der Waals surface area contributed by atoms with E-state index in [-0.39, 0.29) is 34.2 Å². The van der Waals surface area contributed by atoms with E-state index in [0.717, 1.165) is 6.07 Å². The van der Waals surface area contributed by atoms with Gasteiger partial charge in [0.15, 0.2) is 11.2 Å². The van der Waals surface area contributed by atoms with Gasteiger partial charge in [-0.1, -0.05) is 0 Å². The Morgan fingerprint density at radius 2 is 1.88 bits per heavy atom. The van der Waals surface area contributed by atoms with E-state index in [0.29, 0.717) is 0 Å². The second kappa shape index (κ2) is 9.02. The minimum Gasteiger partial charge on any atom is -0.679 e. The van der Waals surface area contributed by atoms with Crippen molar-refractivity contribution in [2.45, 2.75) is 0 Å². The van der Waals surface area contributed by atoms with Gasteiger partial charge < -0.3 is 26.5 Å². The Labute approximate surface area is 104 Å². The molecule has 0 bridgehead atoms. The van der Waals surface area contributed by atoms with Crippen LogP contribution in [-0.4, -0.2) is 29.1 Å². The normalized spacial score (nSPS) is 8.38. The number of aromatic amines is 1. The van der Waals surface area contributed by atoms with E-state index in [1.165, 1.54) is 0 Å². The first-order valence-electron chi connectivity index (χ1n) is 3.82. The molecule has 9 heteroatoms. The van der Waals surface area contributed by atoms with Crippen LogP contribution in [0.15, 0.2) is 15.7 Å². The predicted molar refractivity (Wildman–Crippen MR) is 52.0 cm³/mol. The molecule has 1 aromatic heterocycles. The number of nitrogens with one attached hydrogen (secondary N) is 3. The molecule has 0 unspecified atom stereocenters. The Balaban J connectivity index is 0. The first kappa shape index (κ1) is 17.2. The third kappa shape index (κ3) is 7.10. The van der Waals surface area contributed by atoms with Gasteiger partial charge in [-0.05, 0) is 6.07 Å². The van der Waals surface area contributed by atoms with Crippen molar-refractivity contribution in [3.05, 3.63) is 44.1 Å². The first-order valence-corrected chi connectivity index (χ1v) is 3.82. The van der Waals surface area contributed by atoms with Crippen molar-refractivity contribution in [2.75, 3.05) is 13.1 Å². The molecule has 0 fully saturated rings. The van der Waals surface area contributed by atoms with Crippen molar-refractivity contribution >= 4 is 5.97 Å². The number of nitrogens with zero attached hydrogens (tertiary/aromatic N) is 1. The number of aromatic nitrogens is 2. The molecule has 1 heterocycles. The van der Waals surface area contributed by atoms with E-state index in [4.69, 9.17) is 16.6 Å². The molecular weight excluding hydrogens is 399 g/mol. The third-order valence-electron chi connectivity index (χ3n) is 1.06. The van der Waals surface area contributed by atoms with E-state index >= 15 is 0 Å². The maximum Gasteiger partial charge on any atom is 0.331 e. The standard InChI is InChI=1S/C5H4N2O4.C2H6N2.Pt/c8-3-1-2(4(9)10)6-5(11)7-3;3-1-2-4;/h1H,(H3,6,7,8,9,10,11);3-4H,1-2H2;/q;-2;/p-1. The molecule has 0 saturated carbocycles. The van der Waals surface area contributed by atoms with Crippen molar-refractivity contribution in [3.63, 3.8) is 0 Å².